The minimum Gasteiger partial charge on any atom is -0.357 e. The molecule has 1 heterocycles. The molecule has 0 aromatic carbocycles. The van der Waals surface area contributed by atoms with Crippen molar-refractivity contribution in [1.82, 2.24) is 10.3 Å². The third-order valence-corrected chi connectivity index (χ3v) is 3.44. The smallest absolute Gasteiger partial charge is 0.128 e. The number of hydrogen-bond acceptors (Lipinski definition) is 3. The average molecular weight is 256 g/mol. The Morgan fingerprint density at radius 3 is 2.53 bits per heavy atom. The Kier molecular flexibility index (Phi) is 5.72. The van der Waals surface area contributed by atoms with E-state index in [1.54, 1.807) is 0 Å². The summed E-state index contributed by atoms with van der Waals surface area (Å²) in [5, 5.41) is 3.81. The molecule has 0 unspecified atom stereocenters. The molecule has 1 aromatic heterocycles. The number of nitrogens with one attached hydrogen (secondary N) is 1. The van der Waals surface area contributed by atoms with E-state index in [9.17, 15) is 0 Å². The Morgan fingerprint density at radius 2 is 2.00 bits per heavy atom. The fourth-order valence-electron chi connectivity index (χ4n) is 1.98. The van der Waals surface area contributed by atoms with E-state index in [0.29, 0.717) is 12.6 Å². The summed E-state index contributed by atoms with van der Waals surface area (Å²) in [6.45, 7) is 5.10. The second-order valence-electron chi connectivity index (χ2n) is 4.21. The second kappa shape index (κ2) is 6.82. The molecule has 0 amide bonds. The standard InChI is InChI=1S/C13H22ClN3/c1-5-10(6-2)17(4)13-8-7-11(14)12(16-13)9-15-3/h7-8,10,15H,5-6,9H2,1-4H3. The molecule has 3 nitrogen and oxygen atoms in total. The molecule has 0 aliphatic rings. The molecular formula is C13H22ClN3. The predicted octanol–water partition coefficient (Wildman–Crippen LogP) is 3.08. The van der Waals surface area contributed by atoms with Crippen LogP contribution in [0.4, 0.5) is 5.82 Å². The fourth-order valence-corrected chi connectivity index (χ4v) is 2.16. The van der Waals surface area contributed by atoms with Gasteiger partial charge < -0.3 is 10.2 Å². The van der Waals surface area contributed by atoms with Gasteiger partial charge in [-0.3, -0.25) is 0 Å². The third kappa shape index (κ3) is 3.58. The van der Waals surface area contributed by atoms with Crippen molar-refractivity contribution >= 4 is 17.4 Å². The molecule has 1 N–H and O–H groups in total. The quantitative estimate of drug-likeness (QED) is 0.847. The summed E-state index contributed by atoms with van der Waals surface area (Å²) in [5.41, 5.74) is 0.907. The average Bonchev–Trinajstić information content (AvgIpc) is 2.33. The highest BCUT2D eigenvalue weighted by Gasteiger charge is 2.13. The molecular weight excluding hydrogens is 234 g/mol. The van der Waals surface area contributed by atoms with Crippen molar-refractivity contribution in [3.05, 3.63) is 22.8 Å². The number of halogens is 1. The summed E-state index contributed by atoms with van der Waals surface area (Å²) in [6, 6.07) is 4.45. The van der Waals surface area contributed by atoms with E-state index in [1.807, 2.05) is 19.2 Å². The Bertz CT molecular complexity index is 351. The van der Waals surface area contributed by atoms with Crippen molar-refractivity contribution in [2.45, 2.75) is 39.3 Å². The molecule has 1 rings (SSSR count). The van der Waals surface area contributed by atoms with Gasteiger partial charge >= 0.3 is 0 Å². The monoisotopic (exact) mass is 255 g/mol. The van der Waals surface area contributed by atoms with Crippen molar-refractivity contribution in [3.8, 4) is 0 Å². The largest absolute Gasteiger partial charge is 0.357 e. The first-order valence-corrected chi connectivity index (χ1v) is 6.54. The zero-order valence-corrected chi connectivity index (χ0v) is 11.9. The highest BCUT2D eigenvalue weighted by molar-refractivity contribution is 6.31. The first-order chi connectivity index (χ1) is 8.13. The normalized spacial score (nSPS) is 10.9. The van der Waals surface area contributed by atoms with Crippen LogP contribution in [0.15, 0.2) is 12.1 Å². The van der Waals surface area contributed by atoms with Crippen molar-refractivity contribution in [2.75, 3.05) is 19.0 Å². The van der Waals surface area contributed by atoms with Gasteiger partial charge in [0.1, 0.15) is 5.82 Å². The summed E-state index contributed by atoms with van der Waals surface area (Å²) in [7, 11) is 3.99. The Balaban J connectivity index is 2.94. The van der Waals surface area contributed by atoms with Gasteiger partial charge in [0.15, 0.2) is 0 Å². The molecule has 0 aliphatic carbocycles. The minimum absolute atomic E-state index is 0.533. The molecule has 0 aliphatic heterocycles. The topological polar surface area (TPSA) is 28.2 Å². The Morgan fingerprint density at radius 1 is 1.35 bits per heavy atom. The molecule has 0 saturated carbocycles. The van der Waals surface area contributed by atoms with Crippen LogP contribution in [0.1, 0.15) is 32.4 Å². The number of nitrogens with zero attached hydrogens (tertiary/aromatic N) is 2. The lowest BCUT2D eigenvalue weighted by molar-refractivity contribution is 0.585. The van der Waals surface area contributed by atoms with Crippen LogP contribution in [0, 0.1) is 0 Å². The lowest BCUT2D eigenvalue weighted by Crippen LogP contribution is -2.31. The van der Waals surface area contributed by atoms with Gasteiger partial charge in [0.2, 0.25) is 0 Å². The first-order valence-electron chi connectivity index (χ1n) is 6.16. The van der Waals surface area contributed by atoms with E-state index < -0.39 is 0 Å². The van der Waals surface area contributed by atoms with Crippen LogP contribution in [0.5, 0.6) is 0 Å². The number of rotatable bonds is 6. The Hall–Kier alpha value is -0.800. The van der Waals surface area contributed by atoms with Gasteiger partial charge in [-0.05, 0) is 32.0 Å². The number of anilines is 1. The van der Waals surface area contributed by atoms with Crippen LogP contribution < -0.4 is 10.2 Å². The van der Waals surface area contributed by atoms with Crippen LogP contribution in [0.25, 0.3) is 0 Å². The van der Waals surface area contributed by atoms with Crippen molar-refractivity contribution < 1.29 is 0 Å². The van der Waals surface area contributed by atoms with Gasteiger partial charge in [0, 0.05) is 19.6 Å². The lowest BCUT2D eigenvalue weighted by Gasteiger charge is -2.27. The first kappa shape index (κ1) is 14.3. The molecule has 17 heavy (non-hydrogen) atoms. The highest BCUT2D eigenvalue weighted by Crippen LogP contribution is 2.21. The van der Waals surface area contributed by atoms with Crippen molar-refractivity contribution in [1.29, 1.82) is 0 Å². The van der Waals surface area contributed by atoms with Gasteiger partial charge in [-0.2, -0.15) is 0 Å². The molecule has 0 bridgehead atoms. The van der Waals surface area contributed by atoms with Gasteiger partial charge in [0.05, 0.1) is 10.7 Å². The summed E-state index contributed by atoms with van der Waals surface area (Å²) in [5.74, 6) is 0.994. The van der Waals surface area contributed by atoms with E-state index in [-0.39, 0.29) is 0 Å². The van der Waals surface area contributed by atoms with Gasteiger partial charge in [0.25, 0.3) is 0 Å². The van der Waals surface area contributed by atoms with Gasteiger partial charge in [-0.15, -0.1) is 0 Å². The Labute approximate surface area is 109 Å². The van der Waals surface area contributed by atoms with Gasteiger partial charge in [-0.25, -0.2) is 4.98 Å². The summed E-state index contributed by atoms with van der Waals surface area (Å²) in [6.07, 6.45) is 2.25. The van der Waals surface area contributed by atoms with Crippen molar-refractivity contribution in [2.24, 2.45) is 0 Å². The molecule has 0 saturated heterocycles. The molecule has 0 radical (unpaired) electrons. The maximum atomic E-state index is 6.11. The SMILES string of the molecule is CCC(CC)N(C)c1ccc(Cl)c(CNC)n1. The van der Waals surface area contributed by atoms with Crippen molar-refractivity contribution in [3.63, 3.8) is 0 Å². The van der Waals surface area contributed by atoms with E-state index in [0.717, 1.165) is 29.4 Å². The molecule has 96 valence electrons. The van der Waals surface area contributed by atoms with E-state index in [1.165, 1.54) is 0 Å². The maximum absolute atomic E-state index is 6.11. The lowest BCUT2D eigenvalue weighted by atomic mass is 10.1. The van der Waals surface area contributed by atoms with E-state index in [4.69, 9.17) is 11.6 Å². The summed E-state index contributed by atoms with van der Waals surface area (Å²) in [4.78, 5) is 6.84. The van der Waals surface area contributed by atoms with E-state index in [2.05, 4.69) is 36.1 Å². The van der Waals surface area contributed by atoms with Crippen LogP contribution in [-0.2, 0) is 6.54 Å². The summed E-state index contributed by atoms with van der Waals surface area (Å²) >= 11 is 6.11. The summed E-state index contributed by atoms with van der Waals surface area (Å²) < 4.78 is 0. The zero-order chi connectivity index (χ0) is 12.8. The van der Waals surface area contributed by atoms with Crippen LogP contribution in [0.3, 0.4) is 0 Å². The second-order valence-corrected chi connectivity index (χ2v) is 4.62. The zero-order valence-electron chi connectivity index (χ0n) is 11.1. The highest BCUT2D eigenvalue weighted by atomic mass is 35.5. The molecule has 1 aromatic rings. The van der Waals surface area contributed by atoms with Crippen LogP contribution >= 0.6 is 11.6 Å². The van der Waals surface area contributed by atoms with Gasteiger partial charge in [-0.1, -0.05) is 25.4 Å². The molecule has 4 heteroatoms. The fraction of sp³-hybridized carbons (Fsp3) is 0.615. The third-order valence-electron chi connectivity index (χ3n) is 3.10. The predicted molar refractivity (Wildman–Crippen MR) is 74.8 cm³/mol. The van der Waals surface area contributed by atoms with E-state index >= 15 is 0 Å². The minimum atomic E-state index is 0.533. The van der Waals surface area contributed by atoms with Crippen LogP contribution in [-0.4, -0.2) is 25.1 Å². The number of pyridine rings is 1. The molecule has 0 fully saturated rings. The number of aromatic nitrogens is 1. The van der Waals surface area contributed by atoms with Crippen LogP contribution in [0.2, 0.25) is 5.02 Å². The maximum Gasteiger partial charge on any atom is 0.128 e. The molecule has 0 atom stereocenters. The molecule has 0 spiro atoms. The number of hydrogen-bond donors (Lipinski definition) is 1.